The highest BCUT2D eigenvalue weighted by molar-refractivity contribution is 6.74. The number of rotatable bonds is 4. The number of ether oxygens (including phenoxy) is 2. The molecule has 4 heteroatoms. The molecule has 1 aromatic rings. The Labute approximate surface area is 111 Å². The largest absolute Gasteiger partial charge is 0.541 e. The monoisotopic (exact) mass is 268 g/mol. The van der Waals surface area contributed by atoms with Gasteiger partial charge in [0.1, 0.15) is 11.5 Å². The van der Waals surface area contributed by atoms with Crippen LogP contribution in [0.2, 0.25) is 18.1 Å². The molecule has 0 aromatic heterocycles. The summed E-state index contributed by atoms with van der Waals surface area (Å²) in [7, 11) is 1.45. The summed E-state index contributed by atoms with van der Waals surface area (Å²) < 4.78 is 16.8. The third-order valence-corrected chi connectivity index (χ3v) is 7.88. The Morgan fingerprint density at radius 1 is 0.944 bits per heavy atom. The van der Waals surface area contributed by atoms with Crippen molar-refractivity contribution >= 4 is 8.32 Å². The van der Waals surface area contributed by atoms with E-state index in [0.29, 0.717) is 0 Å². The van der Waals surface area contributed by atoms with Crippen molar-refractivity contribution in [2.75, 3.05) is 14.2 Å². The first kappa shape index (κ1) is 14.9. The predicted molar refractivity (Wildman–Crippen MR) is 77.4 cm³/mol. The molecule has 0 fully saturated rings. The number of methoxy groups -OCH3 is 2. The Morgan fingerprint density at radius 2 is 1.56 bits per heavy atom. The lowest BCUT2D eigenvalue weighted by molar-refractivity contribution is 0.374. The summed E-state index contributed by atoms with van der Waals surface area (Å²) >= 11 is 0. The molecule has 0 atom stereocenters. The summed E-state index contributed by atoms with van der Waals surface area (Å²) in [6.45, 7) is 11.1. The zero-order valence-corrected chi connectivity index (χ0v) is 13.5. The van der Waals surface area contributed by atoms with Gasteiger partial charge in [0.15, 0.2) is 5.75 Å². The second kappa shape index (κ2) is 5.22. The topological polar surface area (TPSA) is 27.7 Å². The van der Waals surface area contributed by atoms with E-state index in [0.717, 1.165) is 17.2 Å². The van der Waals surface area contributed by atoms with Gasteiger partial charge in [0.05, 0.1) is 14.2 Å². The lowest BCUT2D eigenvalue weighted by Crippen LogP contribution is -2.43. The van der Waals surface area contributed by atoms with E-state index in [4.69, 9.17) is 13.9 Å². The summed E-state index contributed by atoms with van der Waals surface area (Å²) in [5.41, 5.74) is 0. The SMILES string of the molecule is COc1ccc(O[Si](C)(C)C(C)(C)C)c(OC)c1. The molecule has 0 saturated carbocycles. The fraction of sp³-hybridized carbons (Fsp3) is 0.571. The van der Waals surface area contributed by atoms with E-state index in [1.165, 1.54) is 0 Å². The molecule has 0 aliphatic carbocycles. The highest BCUT2D eigenvalue weighted by atomic mass is 28.4. The average molecular weight is 268 g/mol. The van der Waals surface area contributed by atoms with E-state index in [2.05, 4.69) is 33.9 Å². The van der Waals surface area contributed by atoms with Crippen molar-refractivity contribution in [3.63, 3.8) is 0 Å². The molecule has 18 heavy (non-hydrogen) atoms. The van der Waals surface area contributed by atoms with Gasteiger partial charge in [0.25, 0.3) is 8.32 Å². The summed E-state index contributed by atoms with van der Waals surface area (Å²) in [6.07, 6.45) is 0. The highest BCUT2D eigenvalue weighted by Crippen LogP contribution is 2.40. The molecule has 0 bridgehead atoms. The third kappa shape index (κ3) is 3.19. The second-order valence-electron chi connectivity index (χ2n) is 5.88. The maximum Gasteiger partial charge on any atom is 0.250 e. The van der Waals surface area contributed by atoms with Crippen molar-refractivity contribution in [1.82, 2.24) is 0 Å². The quantitative estimate of drug-likeness (QED) is 0.770. The van der Waals surface area contributed by atoms with Crippen molar-refractivity contribution in [1.29, 1.82) is 0 Å². The van der Waals surface area contributed by atoms with Gasteiger partial charge in [-0.15, -0.1) is 0 Å². The van der Waals surface area contributed by atoms with Gasteiger partial charge in [-0.25, -0.2) is 0 Å². The molecule has 3 nitrogen and oxygen atoms in total. The summed E-state index contributed by atoms with van der Waals surface area (Å²) in [4.78, 5) is 0. The number of hydrogen-bond acceptors (Lipinski definition) is 3. The standard InChI is InChI=1S/C14H24O3Si/c1-14(2,3)18(6,7)17-12-9-8-11(15-4)10-13(12)16-5/h8-10H,1-7H3. The molecule has 0 radical (unpaired) electrons. The van der Waals surface area contributed by atoms with Crippen LogP contribution in [0, 0.1) is 0 Å². The minimum atomic E-state index is -1.84. The molecular formula is C14H24O3Si. The first-order valence-electron chi connectivity index (χ1n) is 6.12. The van der Waals surface area contributed by atoms with Crippen LogP contribution < -0.4 is 13.9 Å². The second-order valence-corrected chi connectivity index (χ2v) is 10.6. The average Bonchev–Trinajstić information content (AvgIpc) is 2.27. The van der Waals surface area contributed by atoms with Crippen molar-refractivity contribution in [3.05, 3.63) is 18.2 Å². The van der Waals surface area contributed by atoms with Crippen LogP contribution in [0.25, 0.3) is 0 Å². The minimum Gasteiger partial charge on any atom is -0.541 e. The lowest BCUT2D eigenvalue weighted by Gasteiger charge is -2.36. The summed E-state index contributed by atoms with van der Waals surface area (Å²) in [5.74, 6) is 2.29. The van der Waals surface area contributed by atoms with Gasteiger partial charge >= 0.3 is 0 Å². The summed E-state index contributed by atoms with van der Waals surface area (Å²) in [6, 6.07) is 5.66. The fourth-order valence-corrected chi connectivity index (χ4v) is 2.31. The van der Waals surface area contributed by atoms with E-state index < -0.39 is 8.32 Å². The van der Waals surface area contributed by atoms with Crippen LogP contribution in [-0.4, -0.2) is 22.5 Å². The van der Waals surface area contributed by atoms with Gasteiger partial charge in [-0.05, 0) is 30.3 Å². The zero-order valence-electron chi connectivity index (χ0n) is 12.5. The van der Waals surface area contributed by atoms with Crippen molar-refractivity contribution in [2.45, 2.75) is 38.9 Å². The molecule has 0 aliphatic heterocycles. The Hall–Kier alpha value is -1.16. The zero-order chi connectivity index (χ0) is 14.0. The highest BCUT2D eigenvalue weighted by Gasteiger charge is 2.39. The van der Waals surface area contributed by atoms with Gasteiger partial charge in [0.2, 0.25) is 0 Å². The van der Waals surface area contributed by atoms with E-state index in [1.807, 2.05) is 18.2 Å². The van der Waals surface area contributed by atoms with E-state index in [-0.39, 0.29) is 5.04 Å². The molecular weight excluding hydrogens is 244 g/mol. The van der Waals surface area contributed by atoms with Crippen LogP contribution in [0.3, 0.4) is 0 Å². The van der Waals surface area contributed by atoms with E-state index in [1.54, 1.807) is 14.2 Å². The fourth-order valence-electron chi connectivity index (χ4n) is 1.29. The number of benzene rings is 1. The molecule has 0 saturated heterocycles. The molecule has 0 aliphatic rings. The van der Waals surface area contributed by atoms with Gasteiger partial charge < -0.3 is 13.9 Å². The Kier molecular flexibility index (Phi) is 4.32. The molecule has 102 valence electrons. The summed E-state index contributed by atoms with van der Waals surface area (Å²) in [5, 5.41) is 0.165. The molecule has 0 N–H and O–H groups in total. The maximum absolute atomic E-state index is 6.25. The third-order valence-electron chi connectivity index (χ3n) is 3.54. The molecule has 1 rings (SSSR count). The lowest BCUT2D eigenvalue weighted by atomic mass is 10.2. The van der Waals surface area contributed by atoms with Crippen molar-refractivity contribution in [3.8, 4) is 17.2 Å². The normalized spacial score (nSPS) is 12.2. The molecule has 0 amide bonds. The maximum atomic E-state index is 6.25. The van der Waals surface area contributed by atoms with Gasteiger partial charge in [0, 0.05) is 6.07 Å². The van der Waals surface area contributed by atoms with Crippen LogP contribution in [0.1, 0.15) is 20.8 Å². The van der Waals surface area contributed by atoms with Crippen LogP contribution >= 0.6 is 0 Å². The Morgan fingerprint density at radius 3 is 2.00 bits per heavy atom. The Bertz CT molecular complexity index is 408. The van der Waals surface area contributed by atoms with Crippen LogP contribution in [-0.2, 0) is 0 Å². The van der Waals surface area contributed by atoms with E-state index >= 15 is 0 Å². The smallest absolute Gasteiger partial charge is 0.250 e. The van der Waals surface area contributed by atoms with Crippen LogP contribution in [0.5, 0.6) is 17.2 Å². The van der Waals surface area contributed by atoms with Gasteiger partial charge in [-0.1, -0.05) is 20.8 Å². The predicted octanol–water partition coefficient (Wildman–Crippen LogP) is 4.09. The van der Waals surface area contributed by atoms with Gasteiger partial charge in [-0.2, -0.15) is 0 Å². The van der Waals surface area contributed by atoms with Crippen molar-refractivity contribution in [2.24, 2.45) is 0 Å². The Balaban J connectivity index is 3.04. The molecule has 0 heterocycles. The number of hydrogen-bond donors (Lipinski definition) is 0. The van der Waals surface area contributed by atoms with E-state index in [9.17, 15) is 0 Å². The molecule has 0 unspecified atom stereocenters. The van der Waals surface area contributed by atoms with Crippen LogP contribution in [0.15, 0.2) is 18.2 Å². The minimum absolute atomic E-state index is 0.165. The first-order chi connectivity index (χ1) is 8.21. The first-order valence-corrected chi connectivity index (χ1v) is 9.03. The molecule has 0 spiro atoms. The van der Waals surface area contributed by atoms with Gasteiger partial charge in [-0.3, -0.25) is 0 Å². The van der Waals surface area contributed by atoms with Crippen LogP contribution in [0.4, 0.5) is 0 Å². The molecule has 1 aromatic carbocycles. The van der Waals surface area contributed by atoms with Crippen molar-refractivity contribution < 1.29 is 13.9 Å².